The standard InChI is InChI=1S/C14H20ClNO2/c1-11(2)18-13-8-4-3-7-12(13)16-14(17)9-5-6-10-15/h3-4,7-8,11H,5-6,9-10H2,1-2H3,(H,16,17). The van der Waals surface area contributed by atoms with Crippen molar-refractivity contribution in [2.24, 2.45) is 0 Å². The number of benzene rings is 1. The molecule has 100 valence electrons. The van der Waals surface area contributed by atoms with Gasteiger partial charge in [-0.25, -0.2) is 0 Å². The Bertz CT molecular complexity index is 380. The molecule has 0 aliphatic carbocycles. The molecule has 0 bridgehead atoms. The van der Waals surface area contributed by atoms with Crippen molar-refractivity contribution in [1.29, 1.82) is 0 Å². The van der Waals surface area contributed by atoms with Gasteiger partial charge in [0.15, 0.2) is 0 Å². The minimum atomic E-state index is -0.0000715. The second kappa shape index (κ2) is 7.98. The minimum absolute atomic E-state index is 0.0000715. The number of hydrogen-bond donors (Lipinski definition) is 1. The van der Waals surface area contributed by atoms with Gasteiger partial charge in [0.05, 0.1) is 11.8 Å². The van der Waals surface area contributed by atoms with E-state index >= 15 is 0 Å². The summed E-state index contributed by atoms with van der Waals surface area (Å²) in [6, 6.07) is 7.47. The predicted octanol–water partition coefficient (Wildman–Crippen LogP) is 3.82. The molecule has 0 saturated heterocycles. The predicted molar refractivity (Wildman–Crippen MR) is 75.4 cm³/mol. The Hall–Kier alpha value is -1.22. The van der Waals surface area contributed by atoms with Gasteiger partial charge in [0.1, 0.15) is 5.75 Å². The number of anilines is 1. The fourth-order valence-electron chi connectivity index (χ4n) is 1.52. The van der Waals surface area contributed by atoms with Gasteiger partial charge in [-0.1, -0.05) is 12.1 Å². The van der Waals surface area contributed by atoms with Crippen LogP contribution >= 0.6 is 11.6 Å². The fourth-order valence-corrected chi connectivity index (χ4v) is 1.71. The number of carbonyl (C=O) groups is 1. The largest absolute Gasteiger partial charge is 0.489 e. The number of nitrogens with one attached hydrogen (secondary N) is 1. The highest BCUT2D eigenvalue weighted by Crippen LogP contribution is 2.25. The lowest BCUT2D eigenvalue weighted by atomic mass is 10.2. The first-order valence-corrected chi connectivity index (χ1v) is 6.78. The summed E-state index contributed by atoms with van der Waals surface area (Å²) in [5.74, 6) is 1.30. The third kappa shape index (κ3) is 5.41. The smallest absolute Gasteiger partial charge is 0.224 e. The van der Waals surface area contributed by atoms with Crippen molar-refractivity contribution in [2.45, 2.75) is 39.2 Å². The summed E-state index contributed by atoms with van der Waals surface area (Å²) in [5, 5.41) is 2.87. The number of para-hydroxylation sites is 2. The molecular weight excluding hydrogens is 250 g/mol. The van der Waals surface area contributed by atoms with E-state index in [1.165, 1.54) is 0 Å². The first kappa shape index (κ1) is 14.8. The van der Waals surface area contributed by atoms with Crippen molar-refractivity contribution < 1.29 is 9.53 Å². The lowest BCUT2D eigenvalue weighted by Crippen LogP contribution is -2.14. The zero-order chi connectivity index (χ0) is 13.4. The van der Waals surface area contributed by atoms with E-state index in [9.17, 15) is 4.79 Å². The Labute approximate surface area is 113 Å². The highest BCUT2D eigenvalue weighted by molar-refractivity contribution is 6.17. The summed E-state index contributed by atoms with van der Waals surface area (Å²) >= 11 is 5.58. The van der Waals surface area contributed by atoms with E-state index < -0.39 is 0 Å². The lowest BCUT2D eigenvalue weighted by molar-refractivity contribution is -0.116. The molecule has 1 amide bonds. The van der Waals surface area contributed by atoms with Gasteiger partial charge in [-0.2, -0.15) is 0 Å². The molecule has 18 heavy (non-hydrogen) atoms. The van der Waals surface area contributed by atoms with Crippen LogP contribution in [0, 0.1) is 0 Å². The van der Waals surface area contributed by atoms with Crippen molar-refractivity contribution in [3.05, 3.63) is 24.3 Å². The van der Waals surface area contributed by atoms with Crippen LogP contribution in [0.2, 0.25) is 0 Å². The summed E-state index contributed by atoms with van der Waals surface area (Å²) in [7, 11) is 0. The molecule has 1 rings (SSSR count). The number of hydrogen-bond acceptors (Lipinski definition) is 2. The molecule has 0 aliphatic rings. The molecule has 0 aromatic heterocycles. The minimum Gasteiger partial charge on any atom is -0.489 e. The average molecular weight is 270 g/mol. The van der Waals surface area contributed by atoms with Gasteiger partial charge in [-0.05, 0) is 38.8 Å². The van der Waals surface area contributed by atoms with Gasteiger partial charge in [-0.3, -0.25) is 4.79 Å². The summed E-state index contributed by atoms with van der Waals surface area (Å²) in [6.45, 7) is 3.91. The molecule has 0 atom stereocenters. The lowest BCUT2D eigenvalue weighted by Gasteiger charge is -2.14. The number of carbonyl (C=O) groups excluding carboxylic acids is 1. The molecule has 0 fully saturated rings. The molecule has 1 aromatic carbocycles. The Morgan fingerprint density at radius 1 is 1.33 bits per heavy atom. The SMILES string of the molecule is CC(C)Oc1ccccc1NC(=O)CCCCCl. The molecule has 4 heteroatoms. The van der Waals surface area contributed by atoms with Crippen molar-refractivity contribution in [3.8, 4) is 5.75 Å². The number of rotatable bonds is 7. The summed E-state index contributed by atoms with van der Waals surface area (Å²) in [5.41, 5.74) is 0.724. The Kier molecular flexibility index (Phi) is 6.58. The Morgan fingerprint density at radius 2 is 2.06 bits per heavy atom. The molecule has 3 nitrogen and oxygen atoms in total. The molecule has 0 unspecified atom stereocenters. The van der Waals surface area contributed by atoms with Crippen LogP contribution in [0.5, 0.6) is 5.75 Å². The topological polar surface area (TPSA) is 38.3 Å². The summed E-state index contributed by atoms with van der Waals surface area (Å²) < 4.78 is 5.64. The second-order valence-corrected chi connectivity index (χ2v) is 4.73. The Balaban J connectivity index is 2.57. The van der Waals surface area contributed by atoms with Crippen LogP contribution in [-0.4, -0.2) is 17.9 Å². The maximum atomic E-state index is 11.7. The number of unbranched alkanes of at least 4 members (excludes halogenated alkanes) is 1. The maximum absolute atomic E-state index is 11.7. The first-order valence-electron chi connectivity index (χ1n) is 6.25. The molecule has 0 radical (unpaired) electrons. The van der Waals surface area contributed by atoms with E-state index in [1.807, 2.05) is 38.1 Å². The maximum Gasteiger partial charge on any atom is 0.224 e. The third-order valence-electron chi connectivity index (χ3n) is 2.31. The van der Waals surface area contributed by atoms with E-state index in [0.717, 1.165) is 18.5 Å². The van der Waals surface area contributed by atoms with Crippen molar-refractivity contribution in [3.63, 3.8) is 0 Å². The van der Waals surface area contributed by atoms with Crippen LogP contribution in [0.3, 0.4) is 0 Å². The molecule has 1 N–H and O–H groups in total. The van der Waals surface area contributed by atoms with Crippen LogP contribution in [0.4, 0.5) is 5.69 Å². The summed E-state index contributed by atoms with van der Waals surface area (Å²) in [6.07, 6.45) is 2.24. The zero-order valence-corrected chi connectivity index (χ0v) is 11.7. The summed E-state index contributed by atoms with van der Waals surface area (Å²) in [4.78, 5) is 11.7. The van der Waals surface area contributed by atoms with Crippen LogP contribution < -0.4 is 10.1 Å². The normalized spacial score (nSPS) is 10.4. The van der Waals surface area contributed by atoms with Gasteiger partial charge in [0, 0.05) is 12.3 Å². The van der Waals surface area contributed by atoms with Crippen LogP contribution in [0.15, 0.2) is 24.3 Å². The number of halogens is 1. The van der Waals surface area contributed by atoms with Crippen LogP contribution in [0.1, 0.15) is 33.1 Å². The van der Waals surface area contributed by atoms with Crippen LogP contribution in [0.25, 0.3) is 0 Å². The quantitative estimate of drug-likeness (QED) is 0.604. The molecule has 0 aliphatic heterocycles. The van der Waals surface area contributed by atoms with Gasteiger partial charge < -0.3 is 10.1 Å². The average Bonchev–Trinajstić information content (AvgIpc) is 2.31. The monoisotopic (exact) mass is 269 g/mol. The molecule has 0 heterocycles. The highest BCUT2D eigenvalue weighted by atomic mass is 35.5. The van der Waals surface area contributed by atoms with Crippen molar-refractivity contribution >= 4 is 23.2 Å². The van der Waals surface area contributed by atoms with Gasteiger partial charge >= 0.3 is 0 Å². The first-order chi connectivity index (χ1) is 8.63. The van der Waals surface area contributed by atoms with Gasteiger partial charge in [0.25, 0.3) is 0 Å². The van der Waals surface area contributed by atoms with Crippen LogP contribution in [-0.2, 0) is 4.79 Å². The highest BCUT2D eigenvalue weighted by Gasteiger charge is 2.08. The van der Waals surface area contributed by atoms with E-state index in [2.05, 4.69) is 5.32 Å². The molecular formula is C14H20ClNO2. The Morgan fingerprint density at radius 3 is 2.72 bits per heavy atom. The van der Waals surface area contributed by atoms with Gasteiger partial charge in [0.2, 0.25) is 5.91 Å². The molecule has 0 spiro atoms. The second-order valence-electron chi connectivity index (χ2n) is 4.36. The van der Waals surface area contributed by atoms with Crippen molar-refractivity contribution in [2.75, 3.05) is 11.2 Å². The van der Waals surface area contributed by atoms with E-state index in [4.69, 9.17) is 16.3 Å². The molecule has 1 aromatic rings. The fraction of sp³-hybridized carbons (Fsp3) is 0.500. The number of ether oxygens (including phenoxy) is 1. The van der Waals surface area contributed by atoms with Crippen molar-refractivity contribution in [1.82, 2.24) is 0 Å². The van der Waals surface area contributed by atoms with Gasteiger partial charge in [-0.15, -0.1) is 11.6 Å². The number of amides is 1. The number of alkyl halides is 1. The van der Waals surface area contributed by atoms with E-state index in [-0.39, 0.29) is 12.0 Å². The third-order valence-corrected chi connectivity index (χ3v) is 2.58. The van der Waals surface area contributed by atoms with E-state index in [1.54, 1.807) is 0 Å². The zero-order valence-electron chi connectivity index (χ0n) is 10.9. The molecule has 0 saturated carbocycles. The van der Waals surface area contributed by atoms with E-state index in [0.29, 0.717) is 18.1 Å².